The molecule has 0 bridgehead atoms. The number of nitrogens with one attached hydrogen (secondary N) is 1. The zero-order valence-electron chi connectivity index (χ0n) is 15.3. The van der Waals surface area contributed by atoms with Crippen LogP contribution in [0.25, 0.3) is 5.69 Å². The van der Waals surface area contributed by atoms with Crippen LogP contribution < -0.4 is 10.1 Å². The molecule has 8 nitrogen and oxygen atoms in total. The van der Waals surface area contributed by atoms with E-state index in [0.717, 1.165) is 34.0 Å². The average Bonchev–Trinajstić information content (AvgIpc) is 3.09. The number of hydrogen-bond acceptors (Lipinski definition) is 6. The van der Waals surface area contributed by atoms with Gasteiger partial charge in [-0.25, -0.2) is 4.68 Å². The third kappa shape index (κ3) is 5.89. The van der Waals surface area contributed by atoms with Crippen molar-refractivity contribution < 1.29 is 27.6 Å². The summed E-state index contributed by atoms with van der Waals surface area (Å²) in [5, 5.41) is 17.4. The van der Waals surface area contributed by atoms with Gasteiger partial charge in [-0.15, -0.1) is 24.9 Å². The van der Waals surface area contributed by atoms with Crippen LogP contribution in [-0.2, 0) is 4.79 Å². The van der Waals surface area contributed by atoms with E-state index >= 15 is 0 Å². The fraction of sp³-hybridized carbons (Fsp3) is 0.111. The molecule has 31 heavy (non-hydrogen) atoms. The van der Waals surface area contributed by atoms with Gasteiger partial charge in [0, 0.05) is 11.0 Å². The molecule has 0 saturated carbocycles. The highest BCUT2D eigenvalue weighted by Crippen LogP contribution is 2.33. The Morgan fingerprint density at radius 3 is 2.58 bits per heavy atom. The molecule has 0 spiro atoms. The maximum absolute atomic E-state index is 12.4. The summed E-state index contributed by atoms with van der Waals surface area (Å²) in [6.45, 7) is 0. The maximum atomic E-state index is 12.4. The number of ether oxygens (including phenoxy) is 1. The van der Waals surface area contributed by atoms with Gasteiger partial charge in [0.05, 0.1) is 21.4 Å². The van der Waals surface area contributed by atoms with E-state index in [1.807, 2.05) is 6.07 Å². The minimum Gasteiger partial charge on any atom is -0.406 e. The Morgan fingerprint density at radius 2 is 1.97 bits per heavy atom. The number of nitro groups is 1. The summed E-state index contributed by atoms with van der Waals surface area (Å²) >= 11 is 7.25. The van der Waals surface area contributed by atoms with Crippen LogP contribution >= 0.6 is 23.4 Å². The number of thioether (sulfide) groups is 1. The first-order chi connectivity index (χ1) is 14.6. The van der Waals surface area contributed by atoms with Crippen molar-refractivity contribution in [1.82, 2.24) is 9.78 Å². The van der Waals surface area contributed by atoms with E-state index in [1.165, 1.54) is 11.8 Å². The second-order valence-corrected chi connectivity index (χ2v) is 7.31. The van der Waals surface area contributed by atoms with Crippen molar-refractivity contribution in [3.05, 3.63) is 69.9 Å². The molecule has 162 valence electrons. The van der Waals surface area contributed by atoms with Gasteiger partial charge in [0.25, 0.3) is 0 Å². The maximum Gasteiger partial charge on any atom is 0.573 e. The summed E-state index contributed by atoms with van der Waals surface area (Å²) < 4.78 is 41.9. The second kappa shape index (κ2) is 9.27. The number of carbonyl (C=O) groups is 1. The fourth-order valence-electron chi connectivity index (χ4n) is 2.46. The van der Waals surface area contributed by atoms with Crippen LogP contribution in [0, 0.1) is 10.1 Å². The van der Waals surface area contributed by atoms with Crippen LogP contribution in [0.2, 0.25) is 5.02 Å². The average molecular weight is 473 g/mol. The Hall–Kier alpha value is -3.25. The van der Waals surface area contributed by atoms with Crippen molar-refractivity contribution >= 4 is 40.8 Å². The number of nitrogens with zero attached hydrogens (tertiary/aromatic N) is 3. The van der Waals surface area contributed by atoms with Gasteiger partial charge in [0.2, 0.25) is 11.7 Å². The molecule has 0 fully saturated rings. The number of aromatic nitrogens is 2. The first-order valence-electron chi connectivity index (χ1n) is 8.40. The Morgan fingerprint density at radius 1 is 1.26 bits per heavy atom. The van der Waals surface area contributed by atoms with Crippen molar-refractivity contribution in [2.45, 2.75) is 11.3 Å². The lowest BCUT2D eigenvalue weighted by atomic mass is 10.3. The number of benzene rings is 2. The first kappa shape index (κ1) is 22.4. The minimum atomic E-state index is -4.91. The second-order valence-electron chi connectivity index (χ2n) is 5.86. The molecule has 2 aromatic carbocycles. The largest absolute Gasteiger partial charge is 0.573 e. The zero-order chi connectivity index (χ0) is 22.6. The van der Waals surface area contributed by atoms with Crippen LogP contribution in [-0.4, -0.2) is 32.7 Å². The molecule has 13 heteroatoms. The summed E-state index contributed by atoms with van der Waals surface area (Å²) in [6, 6.07) is 12.0. The number of alkyl halides is 3. The van der Waals surface area contributed by atoms with E-state index in [4.69, 9.17) is 11.6 Å². The highest BCUT2D eigenvalue weighted by atomic mass is 35.5. The van der Waals surface area contributed by atoms with Crippen molar-refractivity contribution in [3.8, 4) is 11.4 Å². The summed E-state index contributed by atoms with van der Waals surface area (Å²) in [5.41, 5.74) is -0.500. The standard InChI is InChI=1S/C18H12ClF3N4O4S/c19-13-8-11(30-18(20,21)22)6-7-14(13)25-17(15(9-23-25)26(28)29)24-16(27)10-31-12-4-2-1-3-5-12/h1-9H,10H2,(H,24,27). The van der Waals surface area contributed by atoms with Crippen LogP contribution in [0.15, 0.2) is 59.6 Å². The Labute approximate surface area is 182 Å². The third-order valence-electron chi connectivity index (χ3n) is 3.70. The van der Waals surface area contributed by atoms with Crippen molar-refractivity contribution in [3.63, 3.8) is 0 Å². The van der Waals surface area contributed by atoms with Crippen LogP contribution in [0.5, 0.6) is 5.75 Å². The molecule has 1 N–H and O–H groups in total. The van der Waals surface area contributed by atoms with E-state index in [9.17, 15) is 28.1 Å². The van der Waals surface area contributed by atoms with Crippen LogP contribution in [0.3, 0.4) is 0 Å². The predicted molar refractivity (Wildman–Crippen MR) is 108 cm³/mol. The van der Waals surface area contributed by atoms with Crippen LogP contribution in [0.1, 0.15) is 0 Å². The molecule has 3 rings (SSSR count). The lowest BCUT2D eigenvalue weighted by molar-refractivity contribution is -0.384. The van der Waals surface area contributed by atoms with E-state index in [-0.39, 0.29) is 22.3 Å². The van der Waals surface area contributed by atoms with Gasteiger partial charge in [0.15, 0.2) is 0 Å². The Balaban J connectivity index is 1.85. The monoisotopic (exact) mass is 472 g/mol. The normalized spacial score (nSPS) is 11.2. The van der Waals surface area contributed by atoms with Gasteiger partial charge in [0.1, 0.15) is 11.9 Å². The molecule has 0 atom stereocenters. The molecule has 0 aliphatic rings. The summed E-state index contributed by atoms with van der Waals surface area (Å²) in [6.07, 6.45) is -4.01. The highest BCUT2D eigenvalue weighted by Gasteiger charge is 2.31. The summed E-state index contributed by atoms with van der Waals surface area (Å²) in [5.74, 6) is -1.45. The molecular formula is C18H12ClF3N4O4S. The number of halogens is 4. The SMILES string of the molecule is O=C(CSc1ccccc1)Nc1c([N+](=O)[O-])cnn1-c1ccc(OC(F)(F)F)cc1Cl. The smallest absolute Gasteiger partial charge is 0.406 e. The molecule has 1 heterocycles. The number of carbonyl (C=O) groups excluding carboxylic acids is 1. The molecule has 1 amide bonds. The van der Waals surface area contributed by atoms with Gasteiger partial charge >= 0.3 is 12.0 Å². The molecule has 0 radical (unpaired) electrons. The van der Waals surface area contributed by atoms with Gasteiger partial charge in [-0.2, -0.15) is 5.10 Å². The van der Waals surface area contributed by atoms with Gasteiger partial charge in [-0.05, 0) is 24.3 Å². The van der Waals surface area contributed by atoms with E-state index in [1.54, 1.807) is 24.3 Å². The van der Waals surface area contributed by atoms with E-state index in [2.05, 4.69) is 15.2 Å². The highest BCUT2D eigenvalue weighted by molar-refractivity contribution is 8.00. The lowest BCUT2D eigenvalue weighted by Crippen LogP contribution is -2.18. The van der Waals surface area contributed by atoms with E-state index < -0.39 is 28.6 Å². The zero-order valence-corrected chi connectivity index (χ0v) is 16.9. The third-order valence-corrected chi connectivity index (χ3v) is 5.01. The van der Waals surface area contributed by atoms with Crippen molar-refractivity contribution in [2.24, 2.45) is 0 Å². The summed E-state index contributed by atoms with van der Waals surface area (Å²) in [4.78, 5) is 23.8. The molecule has 0 unspecified atom stereocenters. The summed E-state index contributed by atoms with van der Waals surface area (Å²) in [7, 11) is 0. The molecular weight excluding hydrogens is 461 g/mol. The molecule has 0 aliphatic carbocycles. The minimum absolute atomic E-state index is 0.00954. The fourth-order valence-corrected chi connectivity index (χ4v) is 3.43. The predicted octanol–water partition coefficient (Wildman–Crippen LogP) is 5.06. The number of anilines is 1. The number of hydrogen-bond donors (Lipinski definition) is 1. The van der Waals surface area contributed by atoms with E-state index in [0.29, 0.717) is 0 Å². The quantitative estimate of drug-likeness (QED) is 0.293. The van der Waals surface area contributed by atoms with Crippen molar-refractivity contribution in [1.29, 1.82) is 0 Å². The molecule has 3 aromatic rings. The molecule has 0 saturated heterocycles. The molecule has 0 aliphatic heterocycles. The lowest BCUT2D eigenvalue weighted by Gasteiger charge is -2.12. The Kier molecular flexibility index (Phi) is 6.71. The first-order valence-corrected chi connectivity index (χ1v) is 9.76. The number of amides is 1. The number of rotatable bonds is 7. The van der Waals surface area contributed by atoms with Gasteiger partial charge in [-0.3, -0.25) is 14.9 Å². The van der Waals surface area contributed by atoms with Crippen LogP contribution in [0.4, 0.5) is 24.7 Å². The van der Waals surface area contributed by atoms with Gasteiger partial charge in [-0.1, -0.05) is 29.8 Å². The molecule has 1 aromatic heterocycles. The van der Waals surface area contributed by atoms with Crippen molar-refractivity contribution in [2.75, 3.05) is 11.1 Å². The van der Waals surface area contributed by atoms with Gasteiger partial charge < -0.3 is 10.1 Å². The topological polar surface area (TPSA) is 99.3 Å². The Bertz CT molecular complexity index is 1110.